The Kier molecular flexibility index (Phi) is 7.06. The highest BCUT2D eigenvalue weighted by molar-refractivity contribution is 9.10. The summed E-state index contributed by atoms with van der Waals surface area (Å²) in [7, 11) is 0. The van der Waals surface area contributed by atoms with Gasteiger partial charge in [0.2, 0.25) is 0 Å². The van der Waals surface area contributed by atoms with Crippen LogP contribution in [0.25, 0.3) is 6.08 Å². The van der Waals surface area contributed by atoms with E-state index in [1.807, 2.05) is 0 Å². The van der Waals surface area contributed by atoms with Gasteiger partial charge in [0.05, 0.1) is 20.0 Å². The number of nitrogens with one attached hydrogen (secondary N) is 1. The number of carbonyl (C=O) groups is 3. The van der Waals surface area contributed by atoms with E-state index in [0.29, 0.717) is 26.2 Å². The summed E-state index contributed by atoms with van der Waals surface area (Å²) in [5.74, 6) is -1.41. The number of rotatable bonds is 7. The molecular formula is C24H15BrN4O8. The normalized spacial score (nSPS) is 14.5. The number of amides is 4. The smallest absolute Gasteiger partial charge is 0.335 e. The molecule has 1 saturated heterocycles. The van der Waals surface area contributed by atoms with E-state index in [1.165, 1.54) is 36.4 Å². The highest BCUT2D eigenvalue weighted by Gasteiger charge is 2.37. The molecule has 0 aromatic heterocycles. The number of benzene rings is 3. The summed E-state index contributed by atoms with van der Waals surface area (Å²) in [6.45, 7) is 0.137. The Morgan fingerprint density at radius 1 is 0.919 bits per heavy atom. The van der Waals surface area contributed by atoms with Gasteiger partial charge >= 0.3 is 6.03 Å². The lowest BCUT2D eigenvalue weighted by Crippen LogP contribution is -2.54. The summed E-state index contributed by atoms with van der Waals surface area (Å²) in [6, 6.07) is 14.6. The number of carbonyl (C=O) groups excluding carboxylic acids is 3. The first kappa shape index (κ1) is 25.2. The van der Waals surface area contributed by atoms with Crippen LogP contribution in [-0.2, 0) is 16.2 Å². The van der Waals surface area contributed by atoms with Crippen molar-refractivity contribution in [3.63, 3.8) is 0 Å². The van der Waals surface area contributed by atoms with Crippen LogP contribution in [-0.4, -0.2) is 27.7 Å². The molecule has 0 spiro atoms. The molecule has 0 aliphatic carbocycles. The van der Waals surface area contributed by atoms with Crippen LogP contribution in [0.15, 0.2) is 76.8 Å². The predicted molar refractivity (Wildman–Crippen MR) is 134 cm³/mol. The Bertz CT molecular complexity index is 1490. The minimum Gasteiger partial charge on any atom is -0.488 e. The number of hydrogen-bond donors (Lipinski definition) is 1. The number of imide groups is 2. The SMILES string of the molecule is O=C1NC(=O)N(c2cccc([N+](=O)[O-])c2)C(=O)/C1=C/c1ccc(OCc2ccc([N+](=O)[O-])cc2)c(Br)c1. The second kappa shape index (κ2) is 10.4. The van der Waals surface area contributed by atoms with Crippen molar-refractivity contribution < 1.29 is 29.0 Å². The first-order valence-electron chi connectivity index (χ1n) is 10.5. The Labute approximate surface area is 216 Å². The Hall–Kier alpha value is -4.91. The summed E-state index contributed by atoms with van der Waals surface area (Å²) < 4.78 is 6.24. The van der Waals surface area contributed by atoms with Crippen molar-refractivity contribution in [3.05, 3.63) is 108 Å². The summed E-state index contributed by atoms with van der Waals surface area (Å²) in [5.41, 5.74) is 0.368. The van der Waals surface area contributed by atoms with Gasteiger partial charge in [-0.15, -0.1) is 0 Å². The van der Waals surface area contributed by atoms with E-state index in [2.05, 4.69) is 21.2 Å². The van der Waals surface area contributed by atoms with Gasteiger partial charge < -0.3 is 4.74 Å². The maximum absolute atomic E-state index is 13.0. The van der Waals surface area contributed by atoms with Crippen molar-refractivity contribution >= 4 is 56.9 Å². The average Bonchev–Trinajstić information content (AvgIpc) is 2.86. The molecule has 37 heavy (non-hydrogen) atoms. The molecule has 0 radical (unpaired) electrons. The van der Waals surface area contributed by atoms with Crippen LogP contribution in [0.1, 0.15) is 11.1 Å². The van der Waals surface area contributed by atoms with E-state index in [4.69, 9.17) is 4.74 Å². The van der Waals surface area contributed by atoms with Crippen LogP contribution in [0, 0.1) is 20.2 Å². The third-order valence-corrected chi connectivity index (χ3v) is 5.83. The number of nitrogens with zero attached hydrogens (tertiary/aromatic N) is 3. The molecule has 1 aliphatic rings. The summed E-state index contributed by atoms with van der Waals surface area (Å²) in [6.07, 6.45) is 1.28. The predicted octanol–water partition coefficient (Wildman–Crippen LogP) is 4.51. The molecule has 0 bridgehead atoms. The van der Waals surface area contributed by atoms with Crippen molar-refractivity contribution in [1.29, 1.82) is 0 Å². The van der Waals surface area contributed by atoms with Crippen LogP contribution in [0.4, 0.5) is 21.9 Å². The molecule has 12 nitrogen and oxygen atoms in total. The van der Waals surface area contributed by atoms with E-state index in [9.17, 15) is 34.6 Å². The quantitative estimate of drug-likeness (QED) is 0.189. The molecule has 0 saturated carbocycles. The second-order valence-electron chi connectivity index (χ2n) is 7.64. The monoisotopic (exact) mass is 566 g/mol. The number of halogens is 1. The second-order valence-corrected chi connectivity index (χ2v) is 8.49. The Morgan fingerprint density at radius 3 is 2.27 bits per heavy atom. The molecule has 186 valence electrons. The van der Waals surface area contributed by atoms with E-state index >= 15 is 0 Å². The summed E-state index contributed by atoms with van der Waals surface area (Å²) in [5, 5.41) is 23.9. The molecule has 3 aromatic rings. The average molecular weight is 567 g/mol. The lowest BCUT2D eigenvalue weighted by molar-refractivity contribution is -0.385. The van der Waals surface area contributed by atoms with Gasteiger partial charge in [0.25, 0.3) is 23.2 Å². The topological polar surface area (TPSA) is 162 Å². The minimum absolute atomic E-state index is 0.0330. The molecule has 4 amide bonds. The van der Waals surface area contributed by atoms with Crippen molar-refractivity contribution in [2.75, 3.05) is 4.90 Å². The van der Waals surface area contributed by atoms with Crippen molar-refractivity contribution in [1.82, 2.24) is 5.32 Å². The van der Waals surface area contributed by atoms with Gasteiger partial charge in [-0.1, -0.05) is 12.1 Å². The molecule has 0 unspecified atom stereocenters. The van der Waals surface area contributed by atoms with E-state index in [0.717, 1.165) is 6.07 Å². The highest BCUT2D eigenvalue weighted by Crippen LogP contribution is 2.29. The maximum Gasteiger partial charge on any atom is 0.335 e. The van der Waals surface area contributed by atoms with Crippen molar-refractivity contribution in [2.24, 2.45) is 0 Å². The maximum atomic E-state index is 13.0. The molecule has 3 aromatic carbocycles. The van der Waals surface area contributed by atoms with Crippen LogP contribution in [0.2, 0.25) is 0 Å². The van der Waals surface area contributed by atoms with E-state index < -0.39 is 27.7 Å². The third-order valence-electron chi connectivity index (χ3n) is 5.21. The van der Waals surface area contributed by atoms with Gasteiger partial charge in [0, 0.05) is 24.3 Å². The molecule has 13 heteroatoms. The number of nitro benzene ring substituents is 2. The van der Waals surface area contributed by atoms with Crippen LogP contribution in [0.5, 0.6) is 5.75 Å². The van der Waals surface area contributed by atoms with Crippen LogP contribution in [0.3, 0.4) is 0 Å². The summed E-state index contributed by atoms with van der Waals surface area (Å²) >= 11 is 3.37. The molecule has 1 N–H and O–H groups in total. The Morgan fingerprint density at radius 2 is 1.62 bits per heavy atom. The zero-order valence-electron chi connectivity index (χ0n) is 18.6. The zero-order chi connectivity index (χ0) is 26.7. The first-order valence-corrected chi connectivity index (χ1v) is 11.2. The van der Waals surface area contributed by atoms with Crippen LogP contribution >= 0.6 is 15.9 Å². The fourth-order valence-corrected chi connectivity index (χ4v) is 3.91. The first-order chi connectivity index (χ1) is 17.6. The van der Waals surface area contributed by atoms with Gasteiger partial charge in [-0.2, -0.15) is 0 Å². The standard InChI is InChI=1S/C24H15BrN4O8/c25-20-11-15(6-9-21(20)37-13-14-4-7-16(8-5-14)28(33)34)10-19-22(30)26-24(32)27(23(19)31)17-2-1-3-18(12-17)29(35)36/h1-12H,13H2,(H,26,30,32)/b19-10+. The van der Waals surface area contributed by atoms with Gasteiger partial charge in [-0.05, 0) is 63.5 Å². The molecule has 0 atom stereocenters. The van der Waals surface area contributed by atoms with E-state index in [-0.39, 0.29) is 29.2 Å². The number of non-ortho nitro benzene ring substituents is 2. The Balaban J connectivity index is 1.54. The number of barbiturate groups is 1. The van der Waals surface area contributed by atoms with Crippen molar-refractivity contribution in [2.45, 2.75) is 6.61 Å². The molecule has 1 fully saturated rings. The molecule has 1 heterocycles. The van der Waals surface area contributed by atoms with Crippen molar-refractivity contribution in [3.8, 4) is 5.75 Å². The third kappa shape index (κ3) is 5.51. The largest absolute Gasteiger partial charge is 0.488 e. The van der Waals surface area contributed by atoms with Gasteiger partial charge in [-0.25, -0.2) is 9.69 Å². The fraction of sp³-hybridized carbons (Fsp3) is 0.0417. The number of urea groups is 1. The molecule has 1 aliphatic heterocycles. The zero-order valence-corrected chi connectivity index (χ0v) is 20.2. The number of ether oxygens (including phenoxy) is 1. The van der Waals surface area contributed by atoms with Gasteiger partial charge in [0.1, 0.15) is 17.9 Å². The van der Waals surface area contributed by atoms with E-state index in [1.54, 1.807) is 30.3 Å². The van der Waals surface area contributed by atoms with Gasteiger partial charge in [-0.3, -0.25) is 35.1 Å². The number of anilines is 1. The molecular weight excluding hydrogens is 552 g/mol. The number of nitro groups is 2. The molecule has 4 rings (SSSR count). The lowest BCUT2D eigenvalue weighted by Gasteiger charge is -2.26. The summed E-state index contributed by atoms with van der Waals surface area (Å²) in [4.78, 5) is 59.1. The lowest BCUT2D eigenvalue weighted by atomic mass is 10.1. The van der Waals surface area contributed by atoms with Crippen LogP contribution < -0.4 is 15.0 Å². The van der Waals surface area contributed by atoms with Gasteiger partial charge in [0.15, 0.2) is 0 Å². The minimum atomic E-state index is -1.02. The fourth-order valence-electron chi connectivity index (χ4n) is 3.40. The number of hydrogen-bond acceptors (Lipinski definition) is 8. The highest BCUT2D eigenvalue weighted by atomic mass is 79.9.